The molecule has 0 aromatic heterocycles. The molecule has 0 saturated carbocycles. The van der Waals surface area contributed by atoms with Crippen LogP contribution < -0.4 is 10.1 Å². The number of rotatable bonds is 5. The third kappa shape index (κ3) is 6.11. The SMILES string of the molecule is CC(C)CCOc1ccc(C(=O)NC(=S)N2CCCCCC2)cc1. The predicted octanol–water partition coefficient (Wildman–Crippen LogP) is 4.00. The molecule has 24 heavy (non-hydrogen) atoms. The van der Waals surface area contributed by atoms with Crippen LogP contribution in [0, 0.1) is 5.92 Å². The van der Waals surface area contributed by atoms with Gasteiger partial charge in [-0.1, -0.05) is 26.7 Å². The van der Waals surface area contributed by atoms with E-state index < -0.39 is 0 Å². The third-order valence-electron chi connectivity index (χ3n) is 4.19. The Morgan fingerprint density at radius 2 is 1.79 bits per heavy atom. The van der Waals surface area contributed by atoms with Gasteiger partial charge in [-0.3, -0.25) is 10.1 Å². The van der Waals surface area contributed by atoms with Gasteiger partial charge in [0, 0.05) is 18.7 Å². The lowest BCUT2D eigenvalue weighted by Crippen LogP contribution is -2.43. The van der Waals surface area contributed by atoms with Crippen molar-refractivity contribution >= 4 is 23.2 Å². The maximum Gasteiger partial charge on any atom is 0.257 e. The number of ether oxygens (including phenoxy) is 1. The van der Waals surface area contributed by atoms with E-state index in [0.29, 0.717) is 23.2 Å². The molecule has 1 aliphatic heterocycles. The molecule has 1 fully saturated rings. The standard InChI is InChI=1S/C19H28N2O2S/c1-15(2)11-14-23-17-9-7-16(8-10-17)18(22)20-19(24)21-12-5-3-4-6-13-21/h7-10,15H,3-6,11-14H2,1-2H3,(H,20,22,24). The van der Waals surface area contributed by atoms with Crippen molar-refractivity contribution < 1.29 is 9.53 Å². The van der Waals surface area contributed by atoms with E-state index in [4.69, 9.17) is 17.0 Å². The summed E-state index contributed by atoms with van der Waals surface area (Å²) in [7, 11) is 0. The summed E-state index contributed by atoms with van der Waals surface area (Å²) < 4.78 is 5.68. The van der Waals surface area contributed by atoms with E-state index in [-0.39, 0.29) is 5.91 Å². The number of carbonyl (C=O) groups is 1. The van der Waals surface area contributed by atoms with Crippen LogP contribution in [0.4, 0.5) is 0 Å². The molecule has 4 nitrogen and oxygen atoms in total. The number of carbonyl (C=O) groups excluding carboxylic acids is 1. The molecule has 2 rings (SSSR count). The molecule has 1 aromatic rings. The van der Waals surface area contributed by atoms with Crippen molar-refractivity contribution in [2.45, 2.75) is 46.0 Å². The van der Waals surface area contributed by atoms with Gasteiger partial charge in [-0.2, -0.15) is 0 Å². The smallest absolute Gasteiger partial charge is 0.257 e. The number of nitrogens with one attached hydrogen (secondary N) is 1. The van der Waals surface area contributed by atoms with Crippen molar-refractivity contribution in [2.24, 2.45) is 5.92 Å². The van der Waals surface area contributed by atoms with Crippen LogP contribution in [0.1, 0.15) is 56.3 Å². The molecule has 0 bridgehead atoms. The number of hydrogen-bond donors (Lipinski definition) is 1. The molecule has 1 aromatic carbocycles. The first-order valence-corrected chi connectivity index (χ1v) is 9.30. The highest BCUT2D eigenvalue weighted by molar-refractivity contribution is 7.80. The van der Waals surface area contributed by atoms with Crippen molar-refractivity contribution in [2.75, 3.05) is 19.7 Å². The lowest BCUT2D eigenvalue weighted by Gasteiger charge is -2.23. The largest absolute Gasteiger partial charge is 0.494 e. The molecule has 1 saturated heterocycles. The van der Waals surface area contributed by atoms with Crippen molar-refractivity contribution in [1.29, 1.82) is 0 Å². The monoisotopic (exact) mass is 348 g/mol. The van der Waals surface area contributed by atoms with Gasteiger partial charge in [0.25, 0.3) is 5.91 Å². The van der Waals surface area contributed by atoms with Crippen molar-refractivity contribution in [3.63, 3.8) is 0 Å². The van der Waals surface area contributed by atoms with Gasteiger partial charge in [-0.15, -0.1) is 0 Å². The molecule has 0 aliphatic carbocycles. The summed E-state index contributed by atoms with van der Waals surface area (Å²) in [6.45, 7) is 6.90. The Morgan fingerprint density at radius 1 is 1.17 bits per heavy atom. The van der Waals surface area contributed by atoms with Gasteiger partial charge in [-0.05, 0) is 61.7 Å². The fourth-order valence-corrected chi connectivity index (χ4v) is 2.91. The van der Waals surface area contributed by atoms with Crippen LogP contribution in [0.2, 0.25) is 0 Å². The average Bonchev–Trinajstić information content (AvgIpc) is 2.84. The fourth-order valence-electron chi connectivity index (χ4n) is 2.64. The molecule has 0 radical (unpaired) electrons. The predicted molar refractivity (Wildman–Crippen MR) is 101 cm³/mol. The molecule has 0 unspecified atom stereocenters. The fraction of sp³-hybridized carbons (Fsp3) is 0.579. The van der Waals surface area contributed by atoms with Gasteiger partial charge in [0.2, 0.25) is 0 Å². The van der Waals surface area contributed by atoms with Crippen LogP contribution in [0.3, 0.4) is 0 Å². The summed E-state index contributed by atoms with van der Waals surface area (Å²) in [6.07, 6.45) is 5.78. The van der Waals surface area contributed by atoms with Gasteiger partial charge in [0.15, 0.2) is 5.11 Å². The normalized spacial score (nSPS) is 15.0. The third-order valence-corrected chi connectivity index (χ3v) is 4.55. The van der Waals surface area contributed by atoms with Gasteiger partial charge >= 0.3 is 0 Å². The molecular formula is C19H28N2O2S. The Bertz CT molecular complexity index is 535. The van der Waals surface area contributed by atoms with E-state index in [1.807, 2.05) is 12.1 Å². The zero-order valence-corrected chi connectivity index (χ0v) is 15.5. The molecule has 0 atom stereocenters. The first kappa shape index (κ1) is 18.7. The highest BCUT2D eigenvalue weighted by Gasteiger charge is 2.15. The van der Waals surface area contributed by atoms with E-state index in [0.717, 1.165) is 38.1 Å². The topological polar surface area (TPSA) is 41.6 Å². The quantitative estimate of drug-likeness (QED) is 0.817. The summed E-state index contributed by atoms with van der Waals surface area (Å²) in [4.78, 5) is 14.4. The van der Waals surface area contributed by atoms with E-state index in [2.05, 4.69) is 24.1 Å². The van der Waals surface area contributed by atoms with E-state index >= 15 is 0 Å². The van der Waals surface area contributed by atoms with E-state index in [1.165, 1.54) is 12.8 Å². The highest BCUT2D eigenvalue weighted by Crippen LogP contribution is 2.14. The van der Waals surface area contributed by atoms with Crippen molar-refractivity contribution in [3.05, 3.63) is 29.8 Å². The Hall–Kier alpha value is -1.62. The number of likely N-dealkylation sites (tertiary alicyclic amines) is 1. The number of thiocarbonyl (C=S) groups is 1. The zero-order valence-electron chi connectivity index (χ0n) is 14.7. The Balaban J connectivity index is 1.84. The Labute approximate surface area is 150 Å². The maximum atomic E-state index is 12.3. The first-order valence-electron chi connectivity index (χ1n) is 8.89. The molecule has 1 heterocycles. The van der Waals surface area contributed by atoms with Gasteiger partial charge < -0.3 is 9.64 Å². The maximum absolute atomic E-state index is 12.3. The summed E-state index contributed by atoms with van der Waals surface area (Å²) in [6, 6.07) is 7.24. The number of nitrogens with zero attached hydrogens (tertiary/aromatic N) is 1. The molecule has 1 aliphatic rings. The summed E-state index contributed by atoms with van der Waals surface area (Å²) in [5.41, 5.74) is 0.600. The minimum absolute atomic E-state index is 0.155. The van der Waals surface area contributed by atoms with Gasteiger partial charge in [-0.25, -0.2) is 0 Å². The zero-order chi connectivity index (χ0) is 17.4. The molecule has 1 N–H and O–H groups in total. The van der Waals surface area contributed by atoms with Crippen molar-refractivity contribution in [1.82, 2.24) is 10.2 Å². The molecule has 1 amide bonds. The van der Waals surface area contributed by atoms with Crippen LogP contribution >= 0.6 is 12.2 Å². The van der Waals surface area contributed by atoms with Crippen LogP contribution in [-0.2, 0) is 0 Å². The minimum atomic E-state index is -0.155. The molecule has 5 heteroatoms. The summed E-state index contributed by atoms with van der Waals surface area (Å²) in [5, 5.41) is 3.39. The van der Waals surface area contributed by atoms with Crippen LogP contribution in [0.25, 0.3) is 0 Å². The second-order valence-electron chi connectivity index (χ2n) is 6.72. The number of benzene rings is 1. The Kier molecular flexibility index (Phi) is 7.50. The summed E-state index contributed by atoms with van der Waals surface area (Å²) in [5.74, 6) is 1.26. The van der Waals surface area contributed by atoms with Crippen LogP contribution in [0.15, 0.2) is 24.3 Å². The number of amides is 1. The molecule has 132 valence electrons. The average molecular weight is 349 g/mol. The molecular weight excluding hydrogens is 320 g/mol. The van der Waals surface area contributed by atoms with E-state index in [9.17, 15) is 4.79 Å². The lowest BCUT2D eigenvalue weighted by atomic mass is 10.1. The molecule has 0 spiro atoms. The van der Waals surface area contributed by atoms with Crippen LogP contribution in [0.5, 0.6) is 5.75 Å². The first-order chi connectivity index (χ1) is 11.6. The van der Waals surface area contributed by atoms with Crippen LogP contribution in [-0.4, -0.2) is 35.6 Å². The van der Waals surface area contributed by atoms with Crippen molar-refractivity contribution in [3.8, 4) is 5.75 Å². The van der Waals surface area contributed by atoms with Gasteiger partial charge in [0.05, 0.1) is 6.61 Å². The Morgan fingerprint density at radius 3 is 2.38 bits per heavy atom. The second kappa shape index (κ2) is 9.62. The number of hydrogen-bond acceptors (Lipinski definition) is 3. The highest BCUT2D eigenvalue weighted by atomic mass is 32.1. The van der Waals surface area contributed by atoms with E-state index in [1.54, 1.807) is 12.1 Å². The summed E-state index contributed by atoms with van der Waals surface area (Å²) >= 11 is 5.39. The minimum Gasteiger partial charge on any atom is -0.494 e. The second-order valence-corrected chi connectivity index (χ2v) is 7.10. The van der Waals surface area contributed by atoms with Gasteiger partial charge in [0.1, 0.15) is 5.75 Å². The lowest BCUT2D eigenvalue weighted by molar-refractivity contribution is 0.0973.